The van der Waals surface area contributed by atoms with E-state index in [2.05, 4.69) is 20.4 Å². The number of benzene rings is 2. The Bertz CT molecular complexity index is 734. The van der Waals surface area contributed by atoms with Crippen LogP contribution in [0.5, 0.6) is 0 Å². The number of carbonyl (C=O) groups excluding carboxylic acids is 1. The SMILES string of the molecule is COCCN(CCOC)c1ccc(NC(=O)Nc2ccc(N(CCOC)CCOC)cc2)cc1. The van der Waals surface area contributed by atoms with Crippen LogP contribution in [0, 0.1) is 0 Å². The van der Waals surface area contributed by atoms with Gasteiger partial charge in [-0.1, -0.05) is 0 Å². The lowest BCUT2D eigenvalue weighted by Crippen LogP contribution is -2.30. The highest BCUT2D eigenvalue weighted by atomic mass is 16.5. The molecule has 0 aliphatic carbocycles. The topological polar surface area (TPSA) is 84.5 Å². The maximum absolute atomic E-state index is 12.5. The van der Waals surface area contributed by atoms with E-state index in [0.717, 1.165) is 37.6 Å². The summed E-state index contributed by atoms with van der Waals surface area (Å²) in [6.07, 6.45) is 0. The van der Waals surface area contributed by atoms with E-state index in [0.29, 0.717) is 37.8 Å². The van der Waals surface area contributed by atoms with Gasteiger partial charge in [0.25, 0.3) is 0 Å². The largest absolute Gasteiger partial charge is 0.383 e. The van der Waals surface area contributed by atoms with Gasteiger partial charge in [-0.3, -0.25) is 0 Å². The zero-order valence-electron chi connectivity index (χ0n) is 20.7. The molecule has 0 atom stereocenters. The molecule has 9 nitrogen and oxygen atoms in total. The maximum Gasteiger partial charge on any atom is 0.323 e. The fraction of sp³-hybridized carbons (Fsp3) is 0.480. The van der Waals surface area contributed by atoms with Crippen molar-refractivity contribution in [2.24, 2.45) is 0 Å². The number of nitrogens with one attached hydrogen (secondary N) is 2. The van der Waals surface area contributed by atoms with Crippen LogP contribution in [-0.4, -0.2) is 87.1 Å². The first-order chi connectivity index (χ1) is 16.6. The number of methoxy groups -OCH3 is 4. The molecule has 0 aliphatic heterocycles. The third kappa shape index (κ3) is 9.56. The van der Waals surface area contributed by atoms with Gasteiger partial charge in [-0.2, -0.15) is 0 Å². The zero-order chi connectivity index (χ0) is 24.6. The van der Waals surface area contributed by atoms with Gasteiger partial charge >= 0.3 is 6.03 Å². The second kappa shape index (κ2) is 15.9. The summed E-state index contributed by atoms with van der Waals surface area (Å²) in [6, 6.07) is 15.1. The van der Waals surface area contributed by atoms with E-state index in [-0.39, 0.29) is 6.03 Å². The van der Waals surface area contributed by atoms with Gasteiger partial charge in [0.15, 0.2) is 0 Å². The summed E-state index contributed by atoms with van der Waals surface area (Å²) < 4.78 is 20.8. The number of urea groups is 1. The van der Waals surface area contributed by atoms with Gasteiger partial charge in [0, 0.05) is 77.4 Å². The van der Waals surface area contributed by atoms with Crippen LogP contribution >= 0.6 is 0 Å². The van der Waals surface area contributed by atoms with E-state index < -0.39 is 0 Å². The quantitative estimate of drug-likeness (QED) is 0.385. The summed E-state index contributed by atoms with van der Waals surface area (Å²) in [4.78, 5) is 16.8. The molecule has 2 amide bonds. The molecule has 9 heteroatoms. The molecule has 2 aromatic rings. The smallest absolute Gasteiger partial charge is 0.323 e. The van der Waals surface area contributed by atoms with Crippen LogP contribution in [0.4, 0.5) is 27.5 Å². The summed E-state index contributed by atoms with van der Waals surface area (Å²) in [7, 11) is 6.75. The van der Waals surface area contributed by atoms with Gasteiger partial charge in [0.05, 0.1) is 26.4 Å². The highest BCUT2D eigenvalue weighted by Crippen LogP contribution is 2.20. The van der Waals surface area contributed by atoms with E-state index in [1.54, 1.807) is 28.4 Å². The Balaban J connectivity index is 1.93. The Kier molecular flexibility index (Phi) is 12.8. The average Bonchev–Trinajstić information content (AvgIpc) is 2.85. The number of nitrogens with zero attached hydrogens (tertiary/aromatic N) is 2. The predicted molar refractivity (Wildman–Crippen MR) is 137 cm³/mol. The monoisotopic (exact) mass is 474 g/mol. The molecule has 0 saturated heterocycles. The molecule has 188 valence electrons. The lowest BCUT2D eigenvalue weighted by molar-refractivity contribution is 0.190. The third-order valence-corrected chi connectivity index (χ3v) is 5.24. The van der Waals surface area contributed by atoms with Crippen molar-refractivity contribution >= 4 is 28.8 Å². The summed E-state index contributed by atoms with van der Waals surface area (Å²) in [5.41, 5.74) is 3.51. The molecule has 0 saturated carbocycles. The second-order valence-corrected chi connectivity index (χ2v) is 7.62. The Morgan fingerprint density at radius 2 is 0.882 bits per heavy atom. The van der Waals surface area contributed by atoms with Gasteiger partial charge in [-0.25, -0.2) is 4.79 Å². The Morgan fingerprint density at radius 1 is 0.588 bits per heavy atom. The normalized spacial score (nSPS) is 10.7. The van der Waals surface area contributed by atoms with Crippen LogP contribution in [0.25, 0.3) is 0 Å². The molecule has 2 rings (SSSR count). The van der Waals surface area contributed by atoms with Crippen molar-refractivity contribution in [3.8, 4) is 0 Å². The molecule has 0 fully saturated rings. The van der Waals surface area contributed by atoms with Gasteiger partial charge in [-0.05, 0) is 48.5 Å². The van der Waals surface area contributed by atoms with Gasteiger partial charge in [0.1, 0.15) is 0 Å². The molecule has 0 heterocycles. The summed E-state index contributed by atoms with van der Waals surface area (Å²) in [5.74, 6) is 0. The van der Waals surface area contributed by atoms with Gasteiger partial charge in [-0.15, -0.1) is 0 Å². The number of rotatable bonds is 16. The van der Waals surface area contributed by atoms with Crippen LogP contribution < -0.4 is 20.4 Å². The molecular formula is C25H38N4O5. The molecule has 34 heavy (non-hydrogen) atoms. The van der Waals surface area contributed by atoms with E-state index in [1.807, 2.05) is 48.5 Å². The molecule has 0 spiro atoms. The van der Waals surface area contributed by atoms with Crippen molar-refractivity contribution in [1.82, 2.24) is 0 Å². The van der Waals surface area contributed by atoms with Gasteiger partial charge < -0.3 is 39.4 Å². The third-order valence-electron chi connectivity index (χ3n) is 5.24. The average molecular weight is 475 g/mol. The van der Waals surface area contributed by atoms with E-state index in [9.17, 15) is 4.79 Å². The highest BCUT2D eigenvalue weighted by molar-refractivity contribution is 5.99. The number of anilines is 4. The van der Waals surface area contributed by atoms with Gasteiger partial charge in [0.2, 0.25) is 0 Å². The second-order valence-electron chi connectivity index (χ2n) is 7.62. The Labute approximate surface area is 202 Å². The minimum atomic E-state index is -0.299. The lowest BCUT2D eigenvalue weighted by atomic mass is 10.2. The lowest BCUT2D eigenvalue weighted by Gasteiger charge is -2.24. The first kappa shape index (κ1) is 27.4. The minimum Gasteiger partial charge on any atom is -0.383 e. The van der Waals surface area contributed by atoms with E-state index >= 15 is 0 Å². The first-order valence-corrected chi connectivity index (χ1v) is 11.3. The fourth-order valence-electron chi connectivity index (χ4n) is 3.35. The zero-order valence-corrected chi connectivity index (χ0v) is 20.7. The van der Waals surface area contributed by atoms with Crippen LogP contribution in [0.15, 0.2) is 48.5 Å². The van der Waals surface area contributed by atoms with Crippen molar-refractivity contribution in [1.29, 1.82) is 0 Å². The highest BCUT2D eigenvalue weighted by Gasteiger charge is 2.09. The van der Waals surface area contributed by atoms with E-state index in [1.165, 1.54) is 0 Å². The van der Waals surface area contributed by atoms with Crippen LogP contribution in [-0.2, 0) is 18.9 Å². The molecule has 0 unspecified atom stereocenters. The number of amides is 2. The first-order valence-electron chi connectivity index (χ1n) is 11.3. The standard InChI is InChI=1S/C25H38N4O5/c1-31-17-13-28(14-18-32-2)23-9-5-21(6-10-23)26-25(30)27-22-7-11-24(12-8-22)29(15-19-33-3)16-20-34-4/h5-12H,13-20H2,1-4H3,(H2,26,27,30). The minimum absolute atomic E-state index is 0.299. The van der Waals surface area contributed by atoms with Crippen LogP contribution in [0.1, 0.15) is 0 Å². The molecular weight excluding hydrogens is 436 g/mol. The Hall–Kier alpha value is -2.85. The summed E-state index contributed by atoms with van der Waals surface area (Å²) in [6.45, 7) is 5.55. The van der Waals surface area contributed by atoms with Crippen molar-refractivity contribution in [3.05, 3.63) is 48.5 Å². The summed E-state index contributed by atoms with van der Waals surface area (Å²) >= 11 is 0. The fourth-order valence-corrected chi connectivity index (χ4v) is 3.35. The molecule has 2 aromatic carbocycles. The molecule has 0 bridgehead atoms. The molecule has 0 aromatic heterocycles. The molecule has 0 radical (unpaired) electrons. The Morgan fingerprint density at radius 3 is 1.15 bits per heavy atom. The van der Waals surface area contributed by atoms with Crippen LogP contribution in [0.3, 0.4) is 0 Å². The maximum atomic E-state index is 12.5. The molecule has 0 aliphatic rings. The van der Waals surface area contributed by atoms with Crippen molar-refractivity contribution in [2.45, 2.75) is 0 Å². The number of ether oxygens (including phenoxy) is 4. The van der Waals surface area contributed by atoms with Crippen molar-refractivity contribution in [3.63, 3.8) is 0 Å². The number of hydrogen-bond acceptors (Lipinski definition) is 7. The van der Waals surface area contributed by atoms with Crippen molar-refractivity contribution in [2.75, 3.05) is 101 Å². The summed E-state index contributed by atoms with van der Waals surface area (Å²) in [5, 5.41) is 5.75. The van der Waals surface area contributed by atoms with E-state index in [4.69, 9.17) is 18.9 Å². The molecule has 2 N–H and O–H groups in total. The predicted octanol–water partition coefficient (Wildman–Crippen LogP) is 3.53. The van der Waals surface area contributed by atoms with Crippen molar-refractivity contribution < 1.29 is 23.7 Å². The van der Waals surface area contributed by atoms with Crippen LogP contribution in [0.2, 0.25) is 0 Å². The number of hydrogen-bond donors (Lipinski definition) is 2. The number of carbonyl (C=O) groups is 1.